The highest BCUT2D eigenvalue weighted by molar-refractivity contribution is 6.09. The zero-order chi connectivity index (χ0) is 22.2. The topological polar surface area (TPSA) is 125 Å². The molecular formula is C24H21N3O5. The predicted molar refractivity (Wildman–Crippen MR) is 115 cm³/mol. The summed E-state index contributed by atoms with van der Waals surface area (Å²) in [6.45, 7) is 0.278. The summed E-state index contributed by atoms with van der Waals surface area (Å²) in [6.07, 6.45) is 6.65. The number of fused-ring (bicyclic) bond motifs is 2. The Hall–Kier alpha value is -3.94. The van der Waals surface area contributed by atoms with Crippen molar-refractivity contribution < 1.29 is 23.5 Å². The van der Waals surface area contributed by atoms with Gasteiger partial charge in [0, 0.05) is 42.8 Å². The molecule has 32 heavy (non-hydrogen) atoms. The molecule has 2 amide bonds. The number of carbonyl (C=O) groups is 3. The number of aryl methyl sites for hydroxylation is 1. The molecule has 2 aromatic heterocycles. The second-order valence-electron chi connectivity index (χ2n) is 8.00. The Kier molecular flexibility index (Phi) is 4.97. The number of amides is 2. The summed E-state index contributed by atoms with van der Waals surface area (Å²) in [6, 6.07) is 7.46. The second kappa shape index (κ2) is 7.96. The van der Waals surface area contributed by atoms with Crippen molar-refractivity contribution in [3.63, 3.8) is 0 Å². The number of primary amides is 1. The molecule has 3 N–H and O–H groups in total. The number of hydrogen-bond donors (Lipinski definition) is 2. The van der Waals surface area contributed by atoms with Crippen LogP contribution in [0.4, 0.5) is 0 Å². The van der Waals surface area contributed by atoms with E-state index in [0.29, 0.717) is 41.9 Å². The quantitative estimate of drug-likeness (QED) is 0.640. The Morgan fingerprint density at radius 1 is 1.22 bits per heavy atom. The van der Waals surface area contributed by atoms with Gasteiger partial charge >= 0.3 is 0 Å². The van der Waals surface area contributed by atoms with Crippen LogP contribution in [0.5, 0.6) is 5.75 Å². The molecule has 0 saturated heterocycles. The van der Waals surface area contributed by atoms with Gasteiger partial charge in [-0.05, 0) is 18.1 Å². The van der Waals surface area contributed by atoms with Crippen molar-refractivity contribution in [2.75, 3.05) is 6.54 Å². The molecular weight excluding hydrogens is 410 g/mol. The van der Waals surface area contributed by atoms with Crippen LogP contribution < -0.4 is 15.8 Å². The lowest BCUT2D eigenvalue weighted by Crippen LogP contribution is -2.35. The molecule has 3 heterocycles. The maximum absolute atomic E-state index is 12.7. The van der Waals surface area contributed by atoms with E-state index in [1.807, 2.05) is 18.2 Å². The number of furan rings is 1. The zero-order valence-electron chi connectivity index (χ0n) is 17.2. The van der Waals surface area contributed by atoms with E-state index in [1.54, 1.807) is 12.3 Å². The van der Waals surface area contributed by atoms with E-state index in [4.69, 9.17) is 14.9 Å². The van der Waals surface area contributed by atoms with Gasteiger partial charge in [-0.2, -0.15) is 0 Å². The molecule has 162 valence electrons. The third kappa shape index (κ3) is 3.53. The molecule has 0 radical (unpaired) electrons. The Morgan fingerprint density at radius 3 is 2.94 bits per heavy atom. The van der Waals surface area contributed by atoms with Gasteiger partial charge < -0.3 is 20.2 Å². The monoisotopic (exact) mass is 431 g/mol. The van der Waals surface area contributed by atoms with Gasteiger partial charge in [-0.1, -0.05) is 18.2 Å². The third-order valence-electron chi connectivity index (χ3n) is 5.85. The molecule has 1 atom stereocenters. The maximum atomic E-state index is 12.7. The van der Waals surface area contributed by atoms with Crippen LogP contribution in [0, 0.1) is 0 Å². The summed E-state index contributed by atoms with van der Waals surface area (Å²) < 4.78 is 11.6. The van der Waals surface area contributed by atoms with Gasteiger partial charge in [0.15, 0.2) is 5.78 Å². The molecule has 8 nitrogen and oxygen atoms in total. The Bertz CT molecular complexity index is 1250. The van der Waals surface area contributed by atoms with E-state index >= 15 is 0 Å². The molecule has 2 aliphatic rings. The number of ether oxygens (including phenoxy) is 1. The fourth-order valence-corrected chi connectivity index (χ4v) is 4.29. The summed E-state index contributed by atoms with van der Waals surface area (Å²) in [5, 5.41) is 2.87. The summed E-state index contributed by atoms with van der Waals surface area (Å²) in [5.41, 5.74) is 8.93. The average molecular weight is 431 g/mol. The van der Waals surface area contributed by atoms with E-state index < -0.39 is 5.91 Å². The average Bonchev–Trinajstić information content (AvgIpc) is 3.42. The van der Waals surface area contributed by atoms with Crippen molar-refractivity contribution in [2.45, 2.75) is 31.8 Å². The Morgan fingerprint density at radius 2 is 2.09 bits per heavy atom. The minimum Gasteiger partial charge on any atom is -0.487 e. The van der Waals surface area contributed by atoms with Gasteiger partial charge in [0.05, 0.1) is 23.2 Å². The van der Waals surface area contributed by atoms with E-state index in [1.165, 1.54) is 12.5 Å². The predicted octanol–water partition coefficient (Wildman–Crippen LogP) is 2.69. The van der Waals surface area contributed by atoms with Gasteiger partial charge in [0.25, 0.3) is 5.91 Å². The molecule has 0 fully saturated rings. The molecule has 1 aromatic carbocycles. The standard InChI is InChI=1S/C24H21N3O5/c25-23(29)15-7-14(9-26-10-15)17-4-1-3-13-8-16(32-22(13)17)11-27-24(30)18-12-31-20-6-2-5-19(28)21(18)20/h1,3-4,7,9-10,12,16H,2,5-6,8,11H2,(H2,25,29)(H,27,30). The maximum Gasteiger partial charge on any atom is 0.255 e. The van der Waals surface area contributed by atoms with Crippen LogP contribution in [0.15, 0.2) is 47.3 Å². The van der Waals surface area contributed by atoms with Crippen LogP contribution in [0.3, 0.4) is 0 Å². The molecule has 0 saturated carbocycles. The summed E-state index contributed by atoms with van der Waals surface area (Å²) in [4.78, 5) is 40.5. The SMILES string of the molecule is NC(=O)c1cncc(-c2cccc3c2OC(CNC(=O)c2coc4c2C(=O)CCC4)C3)c1. The Balaban J connectivity index is 1.31. The van der Waals surface area contributed by atoms with Crippen molar-refractivity contribution in [3.8, 4) is 16.9 Å². The number of rotatable bonds is 5. The van der Waals surface area contributed by atoms with Crippen LogP contribution in [0.1, 0.15) is 55.2 Å². The number of benzene rings is 1. The smallest absolute Gasteiger partial charge is 0.255 e. The number of pyridine rings is 1. The molecule has 0 spiro atoms. The van der Waals surface area contributed by atoms with E-state index in [2.05, 4.69) is 10.3 Å². The van der Waals surface area contributed by atoms with Gasteiger partial charge in [-0.25, -0.2) is 0 Å². The molecule has 1 aliphatic carbocycles. The molecule has 5 rings (SSSR count). The van der Waals surface area contributed by atoms with E-state index in [9.17, 15) is 14.4 Å². The van der Waals surface area contributed by atoms with Crippen LogP contribution >= 0.6 is 0 Å². The zero-order valence-corrected chi connectivity index (χ0v) is 17.2. The number of nitrogens with zero attached hydrogens (tertiary/aromatic N) is 1. The highest BCUT2D eigenvalue weighted by Crippen LogP contribution is 2.38. The van der Waals surface area contributed by atoms with Crippen LogP contribution in [-0.2, 0) is 12.8 Å². The van der Waals surface area contributed by atoms with Crippen molar-refractivity contribution >= 4 is 17.6 Å². The van der Waals surface area contributed by atoms with Crippen molar-refractivity contribution in [1.82, 2.24) is 10.3 Å². The fourth-order valence-electron chi connectivity index (χ4n) is 4.29. The highest BCUT2D eigenvalue weighted by Gasteiger charge is 2.30. The number of nitrogens with two attached hydrogens (primary N) is 1. The summed E-state index contributed by atoms with van der Waals surface area (Å²) in [5.74, 6) is 0.348. The largest absolute Gasteiger partial charge is 0.487 e. The van der Waals surface area contributed by atoms with Gasteiger partial charge in [-0.15, -0.1) is 0 Å². The number of hydrogen-bond acceptors (Lipinski definition) is 6. The third-order valence-corrected chi connectivity index (χ3v) is 5.85. The minimum absolute atomic E-state index is 0.0499. The molecule has 3 aromatic rings. The molecule has 1 unspecified atom stereocenters. The normalized spacial score (nSPS) is 16.8. The van der Waals surface area contributed by atoms with Crippen molar-refractivity contribution in [2.24, 2.45) is 5.73 Å². The van der Waals surface area contributed by atoms with Crippen LogP contribution in [0.2, 0.25) is 0 Å². The summed E-state index contributed by atoms with van der Waals surface area (Å²) in [7, 11) is 0. The first kappa shape index (κ1) is 20.0. The lowest BCUT2D eigenvalue weighted by Gasteiger charge is -2.14. The number of ketones is 1. The van der Waals surface area contributed by atoms with Gasteiger partial charge in [0.1, 0.15) is 23.9 Å². The molecule has 1 aliphatic heterocycles. The number of nitrogens with one attached hydrogen (secondary N) is 1. The minimum atomic E-state index is -0.548. The number of Topliss-reactive ketones (excluding diaryl/α,β-unsaturated/α-hetero) is 1. The van der Waals surface area contributed by atoms with Crippen molar-refractivity contribution in [3.05, 3.63) is 70.9 Å². The number of aromatic nitrogens is 1. The summed E-state index contributed by atoms with van der Waals surface area (Å²) >= 11 is 0. The first-order valence-corrected chi connectivity index (χ1v) is 10.5. The lowest BCUT2D eigenvalue weighted by molar-refractivity contribution is 0.0914. The van der Waals surface area contributed by atoms with Gasteiger partial charge in [-0.3, -0.25) is 19.4 Å². The fraction of sp³-hybridized carbons (Fsp3) is 0.250. The van der Waals surface area contributed by atoms with Crippen LogP contribution in [-0.4, -0.2) is 35.2 Å². The van der Waals surface area contributed by atoms with Crippen LogP contribution in [0.25, 0.3) is 11.1 Å². The highest BCUT2D eigenvalue weighted by atomic mass is 16.5. The van der Waals surface area contributed by atoms with Crippen molar-refractivity contribution in [1.29, 1.82) is 0 Å². The van der Waals surface area contributed by atoms with E-state index in [-0.39, 0.29) is 29.9 Å². The van der Waals surface area contributed by atoms with Gasteiger partial charge in [0.2, 0.25) is 5.91 Å². The number of carbonyl (C=O) groups excluding carboxylic acids is 3. The first-order valence-electron chi connectivity index (χ1n) is 10.5. The second-order valence-corrected chi connectivity index (χ2v) is 8.00. The Labute approximate surface area is 183 Å². The lowest BCUT2D eigenvalue weighted by atomic mass is 9.94. The molecule has 8 heteroatoms. The van der Waals surface area contributed by atoms with E-state index in [0.717, 1.165) is 23.1 Å². The first-order chi connectivity index (χ1) is 15.5. The number of para-hydroxylation sites is 1. The molecule has 0 bridgehead atoms.